The van der Waals surface area contributed by atoms with Gasteiger partial charge in [0.15, 0.2) is 0 Å². The Morgan fingerprint density at radius 2 is 2.32 bits per heavy atom. The maximum Gasteiger partial charge on any atom is 0.255 e. The summed E-state index contributed by atoms with van der Waals surface area (Å²) < 4.78 is 12.5. The molecule has 22 heavy (non-hydrogen) atoms. The highest BCUT2D eigenvalue weighted by Crippen LogP contribution is 2.30. The monoisotopic (exact) mass is 375 g/mol. The van der Waals surface area contributed by atoms with Crippen LogP contribution in [0.15, 0.2) is 4.60 Å². The first-order valence-corrected chi connectivity index (χ1v) is 7.90. The van der Waals surface area contributed by atoms with E-state index in [2.05, 4.69) is 31.7 Å². The zero-order chi connectivity index (χ0) is 16.1. The minimum atomic E-state index is -0.516. The molecule has 9 heteroatoms. The fraction of sp³-hybridized carbons (Fsp3) is 0.692. The molecule has 2 heterocycles. The van der Waals surface area contributed by atoms with Crippen molar-refractivity contribution in [1.29, 1.82) is 0 Å². The maximum atomic E-state index is 11.7. The molecule has 0 radical (unpaired) electrons. The second-order valence-corrected chi connectivity index (χ2v) is 5.94. The third kappa shape index (κ3) is 3.78. The lowest BCUT2D eigenvalue weighted by Crippen LogP contribution is -2.25. The smallest absolute Gasteiger partial charge is 0.255 e. The number of carbonyl (C=O) groups is 1. The highest BCUT2D eigenvalue weighted by atomic mass is 79.9. The number of hydrogen-bond acceptors (Lipinski definition) is 6. The molecule has 4 N–H and O–H groups in total. The molecule has 0 unspecified atom stereocenters. The lowest BCUT2D eigenvalue weighted by atomic mass is 10.2. The average Bonchev–Trinajstić information content (AvgIpc) is 3.04. The van der Waals surface area contributed by atoms with Crippen LogP contribution >= 0.6 is 15.9 Å². The number of nitrogens with one attached hydrogen (secondary N) is 2. The Balaban J connectivity index is 2.22. The predicted octanol–water partition coefficient (Wildman–Crippen LogP) is 0.352. The molecule has 1 aliphatic heterocycles. The van der Waals surface area contributed by atoms with Crippen LogP contribution in [-0.2, 0) is 9.47 Å². The van der Waals surface area contributed by atoms with Crippen LogP contribution in [0.4, 0.5) is 5.82 Å². The summed E-state index contributed by atoms with van der Waals surface area (Å²) in [4.78, 5) is 11.7. The molecule has 2 atom stereocenters. The first-order chi connectivity index (χ1) is 10.6. The van der Waals surface area contributed by atoms with E-state index >= 15 is 0 Å². The number of methoxy groups -OCH3 is 2. The molecular weight excluding hydrogens is 354 g/mol. The molecule has 1 aromatic rings. The van der Waals surface area contributed by atoms with E-state index in [4.69, 9.17) is 15.2 Å². The van der Waals surface area contributed by atoms with Gasteiger partial charge in [-0.1, -0.05) is 0 Å². The summed E-state index contributed by atoms with van der Waals surface area (Å²) in [5.41, 5.74) is 5.84. The number of ether oxygens (including phenoxy) is 2. The molecule has 1 aliphatic rings. The van der Waals surface area contributed by atoms with Gasteiger partial charge in [-0.25, -0.2) is 4.68 Å². The summed E-state index contributed by atoms with van der Waals surface area (Å²) in [6.45, 7) is 2.50. The zero-order valence-electron chi connectivity index (χ0n) is 12.8. The summed E-state index contributed by atoms with van der Waals surface area (Å²) in [7, 11) is 3.31. The molecule has 1 fully saturated rings. The summed E-state index contributed by atoms with van der Waals surface area (Å²) >= 11 is 3.32. The van der Waals surface area contributed by atoms with Crippen LogP contribution in [0.5, 0.6) is 0 Å². The molecule has 2 rings (SSSR count). The molecule has 0 spiro atoms. The number of carbonyl (C=O) groups excluding carboxylic acids is 1. The van der Waals surface area contributed by atoms with Crippen molar-refractivity contribution < 1.29 is 14.3 Å². The second kappa shape index (κ2) is 7.91. The first kappa shape index (κ1) is 17.2. The van der Waals surface area contributed by atoms with Crippen molar-refractivity contribution >= 4 is 27.7 Å². The van der Waals surface area contributed by atoms with Crippen molar-refractivity contribution in [2.45, 2.75) is 18.5 Å². The molecule has 0 aliphatic carbocycles. The van der Waals surface area contributed by atoms with E-state index in [1.807, 2.05) is 4.68 Å². The topological polar surface area (TPSA) is 103 Å². The van der Waals surface area contributed by atoms with Crippen LogP contribution in [0.25, 0.3) is 0 Å². The van der Waals surface area contributed by atoms with E-state index in [-0.39, 0.29) is 12.1 Å². The molecule has 8 nitrogen and oxygen atoms in total. The molecule has 1 amide bonds. The molecular formula is C13H22BrN5O3. The first-order valence-electron chi connectivity index (χ1n) is 7.11. The van der Waals surface area contributed by atoms with Gasteiger partial charge < -0.3 is 25.8 Å². The van der Waals surface area contributed by atoms with Crippen molar-refractivity contribution in [3.05, 3.63) is 10.2 Å². The van der Waals surface area contributed by atoms with E-state index < -0.39 is 5.91 Å². The average molecular weight is 376 g/mol. The Morgan fingerprint density at radius 3 is 2.95 bits per heavy atom. The minimum absolute atomic E-state index is 0.134. The van der Waals surface area contributed by atoms with E-state index in [9.17, 15) is 4.79 Å². The van der Waals surface area contributed by atoms with Crippen LogP contribution in [0.1, 0.15) is 22.8 Å². The van der Waals surface area contributed by atoms with Gasteiger partial charge in [-0.15, -0.1) is 0 Å². The molecule has 1 aromatic heterocycles. The van der Waals surface area contributed by atoms with E-state index in [0.29, 0.717) is 35.7 Å². The molecule has 0 aromatic carbocycles. The van der Waals surface area contributed by atoms with Crippen molar-refractivity contribution in [3.8, 4) is 0 Å². The lowest BCUT2D eigenvalue weighted by molar-refractivity contribution is 0.1000. The highest BCUT2D eigenvalue weighted by Gasteiger charge is 2.30. The Hall–Kier alpha value is -1.16. The molecule has 0 bridgehead atoms. The van der Waals surface area contributed by atoms with Gasteiger partial charge in [0, 0.05) is 33.4 Å². The summed E-state index contributed by atoms with van der Waals surface area (Å²) in [6.07, 6.45) is 0.874. The highest BCUT2D eigenvalue weighted by molar-refractivity contribution is 9.10. The number of nitrogens with two attached hydrogens (primary N) is 1. The number of hydrogen-bond donors (Lipinski definition) is 3. The van der Waals surface area contributed by atoms with Crippen LogP contribution in [0, 0.1) is 0 Å². The van der Waals surface area contributed by atoms with Gasteiger partial charge in [0.25, 0.3) is 5.91 Å². The summed E-state index contributed by atoms with van der Waals surface area (Å²) in [6, 6.07) is 0.413. The predicted molar refractivity (Wildman–Crippen MR) is 86.1 cm³/mol. The number of halogens is 1. The maximum absolute atomic E-state index is 11.7. The fourth-order valence-electron chi connectivity index (χ4n) is 2.64. The largest absolute Gasteiger partial charge is 0.383 e. The fourth-order valence-corrected chi connectivity index (χ4v) is 3.20. The Morgan fingerprint density at radius 1 is 1.55 bits per heavy atom. The van der Waals surface area contributed by atoms with Gasteiger partial charge in [0.2, 0.25) is 0 Å². The number of anilines is 1. The van der Waals surface area contributed by atoms with E-state index in [1.165, 1.54) is 0 Å². The summed E-state index contributed by atoms with van der Waals surface area (Å²) in [5, 5.41) is 11.0. The van der Waals surface area contributed by atoms with Crippen molar-refractivity contribution in [2.24, 2.45) is 5.73 Å². The van der Waals surface area contributed by atoms with Crippen molar-refractivity contribution in [2.75, 3.05) is 45.8 Å². The minimum Gasteiger partial charge on any atom is -0.383 e. The molecule has 0 saturated carbocycles. The molecule has 124 valence electrons. The SMILES string of the molecule is COCCNc1c(C(N)=O)c(Br)nn1[C@@H]1CN[C@@H](COC)C1. The Labute approximate surface area is 137 Å². The number of aromatic nitrogens is 2. The van der Waals surface area contributed by atoms with Crippen LogP contribution in [0.2, 0.25) is 0 Å². The lowest BCUT2D eigenvalue weighted by Gasteiger charge is -2.16. The van der Waals surface area contributed by atoms with Gasteiger partial charge in [-0.3, -0.25) is 4.79 Å². The Bertz CT molecular complexity index is 522. The molecule has 1 saturated heterocycles. The standard InChI is InChI=1S/C13H22BrN5O3/c1-21-4-3-16-13-10(12(15)20)11(14)18-19(13)9-5-8(7-22-2)17-6-9/h8-9,16-17H,3-7H2,1-2H3,(H2,15,20)/t8-,9+/m1/s1. The second-order valence-electron chi connectivity index (χ2n) is 5.19. The van der Waals surface area contributed by atoms with Gasteiger partial charge in [-0.05, 0) is 22.4 Å². The number of amides is 1. The van der Waals surface area contributed by atoms with Crippen LogP contribution < -0.4 is 16.4 Å². The van der Waals surface area contributed by atoms with Gasteiger partial charge >= 0.3 is 0 Å². The van der Waals surface area contributed by atoms with Crippen LogP contribution in [-0.4, -0.2) is 62.3 Å². The number of nitrogens with zero attached hydrogens (tertiary/aromatic N) is 2. The van der Waals surface area contributed by atoms with Gasteiger partial charge in [0.1, 0.15) is 16.0 Å². The summed E-state index contributed by atoms with van der Waals surface area (Å²) in [5.74, 6) is 0.110. The van der Waals surface area contributed by atoms with Gasteiger partial charge in [0.05, 0.1) is 19.3 Å². The third-order valence-electron chi connectivity index (χ3n) is 3.63. The van der Waals surface area contributed by atoms with Gasteiger partial charge in [-0.2, -0.15) is 5.10 Å². The third-order valence-corrected chi connectivity index (χ3v) is 4.18. The van der Waals surface area contributed by atoms with Crippen molar-refractivity contribution in [3.63, 3.8) is 0 Å². The van der Waals surface area contributed by atoms with Crippen LogP contribution in [0.3, 0.4) is 0 Å². The van der Waals surface area contributed by atoms with E-state index in [1.54, 1.807) is 14.2 Å². The normalized spacial score (nSPS) is 21.2. The number of rotatable bonds is 8. The van der Waals surface area contributed by atoms with E-state index in [0.717, 1.165) is 13.0 Å². The number of primary amides is 1. The quantitative estimate of drug-likeness (QED) is 0.566. The van der Waals surface area contributed by atoms with Crippen molar-refractivity contribution in [1.82, 2.24) is 15.1 Å². The zero-order valence-corrected chi connectivity index (χ0v) is 14.4. The Kier molecular flexibility index (Phi) is 6.18.